The van der Waals surface area contributed by atoms with E-state index in [0.717, 1.165) is 11.3 Å². The number of nitrogens with zero attached hydrogens (tertiary/aromatic N) is 2. The van der Waals surface area contributed by atoms with E-state index < -0.39 is 0 Å². The van der Waals surface area contributed by atoms with Gasteiger partial charge in [-0.3, -0.25) is 10.1 Å². The van der Waals surface area contributed by atoms with Gasteiger partial charge in [0, 0.05) is 41.4 Å². The smallest absolute Gasteiger partial charge is 0.240 e. The molecule has 2 unspecified atom stereocenters. The fraction of sp³-hybridized carbons (Fsp3) is 0.467. The molecule has 2 heterocycles. The Morgan fingerprint density at radius 1 is 1.48 bits per heavy atom. The molecule has 3 rings (SSSR count). The number of carbonyl (C=O) groups excluding carboxylic acids is 1. The number of thioether (sulfide) groups is 1. The summed E-state index contributed by atoms with van der Waals surface area (Å²) in [4.78, 5) is 14.3. The van der Waals surface area contributed by atoms with Gasteiger partial charge in [-0.1, -0.05) is 29.3 Å². The first-order valence-electron chi connectivity index (χ1n) is 7.32. The van der Waals surface area contributed by atoms with Gasteiger partial charge in [0.25, 0.3) is 0 Å². The zero-order valence-corrected chi connectivity index (χ0v) is 14.6. The lowest BCUT2D eigenvalue weighted by Gasteiger charge is -2.40. The molecule has 2 aliphatic heterocycles. The van der Waals surface area contributed by atoms with Crippen LogP contribution in [0.4, 0.5) is 0 Å². The Morgan fingerprint density at radius 3 is 2.96 bits per heavy atom. The van der Waals surface area contributed by atoms with Gasteiger partial charge in [0.2, 0.25) is 5.91 Å². The lowest BCUT2D eigenvalue weighted by molar-refractivity contribution is -0.138. The monoisotopic (exact) mass is 370 g/mol. The summed E-state index contributed by atoms with van der Waals surface area (Å²) in [6.07, 6.45) is 1.91. The van der Waals surface area contributed by atoms with Crippen molar-refractivity contribution in [2.24, 2.45) is 5.92 Å². The number of hydrogen-bond acceptors (Lipinski definition) is 5. The zero-order valence-electron chi connectivity index (χ0n) is 12.3. The van der Waals surface area contributed by atoms with Crippen LogP contribution in [0.3, 0.4) is 0 Å². The van der Waals surface area contributed by atoms with Crippen LogP contribution in [0.15, 0.2) is 18.2 Å². The fourth-order valence-corrected chi connectivity index (χ4v) is 4.65. The minimum absolute atomic E-state index is 0.00560. The van der Waals surface area contributed by atoms with Crippen LogP contribution < -0.4 is 10.6 Å². The minimum Gasteiger partial charge on any atom is -0.340 e. The molecule has 0 aliphatic carbocycles. The summed E-state index contributed by atoms with van der Waals surface area (Å²) < 4.78 is 0. The van der Waals surface area contributed by atoms with Crippen molar-refractivity contribution in [3.05, 3.63) is 33.8 Å². The molecule has 2 atom stereocenters. The second kappa shape index (κ2) is 7.18. The van der Waals surface area contributed by atoms with Gasteiger partial charge < -0.3 is 10.2 Å². The molecule has 0 spiro atoms. The van der Waals surface area contributed by atoms with E-state index in [0.29, 0.717) is 35.6 Å². The molecule has 0 saturated carbocycles. The van der Waals surface area contributed by atoms with Crippen molar-refractivity contribution in [3.8, 4) is 6.19 Å². The molecule has 1 aromatic rings. The van der Waals surface area contributed by atoms with E-state index in [-0.39, 0.29) is 17.3 Å². The molecule has 8 heteroatoms. The summed E-state index contributed by atoms with van der Waals surface area (Å²) in [6, 6.07) is 5.23. The molecule has 1 aromatic carbocycles. The average molecular weight is 371 g/mol. The number of benzene rings is 1. The van der Waals surface area contributed by atoms with E-state index in [1.807, 2.05) is 23.2 Å². The van der Waals surface area contributed by atoms with E-state index in [1.54, 1.807) is 17.8 Å². The number of carbonyl (C=O) groups is 1. The van der Waals surface area contributed by atoms with Crippen LogP contribution >= 0.6 is 35.0 Å². The highest BCUT2D eigenvalue weighted by Crippen LogP contribution is 2.38. The maximum atomic E-state index is 12.5. The van der Waals surface area contributed by atoms with Gasteiger partial charge in [-0.25, -0.2) is 0 Å². The van der Waals surface area contributed by atoms with E-state index in [2.05, 4.69) is 10.6 Å². The predicted octanol–water partition coefficient (Wildman–Crippen LogP) is 2.23. The first-order valence-corrected chi connectivity index (χ1v) is 9.12. The molecule has 5 nitrogen and oxygen atoms in total. The van der Waals surface area contributed by atoms with Crippen molar-refractivity contribution in [2.45, 2.75) is 11.4 Å². The summed E-state index contributed by atoms with van der Waals surface area (Å²) in [5, 5.41) is 15.7. The molecular formula is C15H16Cl2N4OS. The molecule has 1 amide bonds. The third-order valence-corrected chi connectivity index (χ3v) is 5.88. The van der Waals surface area contributed by atoms with Crippen molar-refractivity contribution in [3.63, 3.8) is 0 Å². The summed E-state index contributed by atoms with van der Waals surface area (Å²) >= 11 is 13.8. The van der Waals surface area contributed by atoms with Crippen LogP contribution in [0, 0.1) is 17.4 Å². The van der Waals surface area contributed by atoms with Gasteiger partial charge in [-0.2, -0.15) is 5.26 Å². The van der Waals surface area contributed by atoms with Crippen molar-refractivity contribution in [1.82, 2.24) is 15.5 Å². The first kappa shape index (κ1) is 16.7. The summed E-state index contributed by atoms with van der Waals surface area (Å²) in [5.74, 6) is 1.22. The number of amides is 1. The highest BCUT2D eigenvalue weighted by atomic mass is 35.5. The van der Waals surface area contributed by atoms with Crippen molar-refractivity contribution < 1.29 is 4.79 Å². The van der Waals surface area contributed by atoms with Crippen LogP contribution in [0.2, 0.25) is 10.0 Å². The normalized spacial score (nSPS) is 24.1. The highest BCUT2D eigenvalue weighted by molar-refractivity contribution is 7.99. The third kappa shape index (κ3) is 3.69. The molecule has 0 aromatic heterocycles. The van der Waals surface area contributed by atoms with E-state index in [4.69, 9.17) is 28.5 Å². The number of halogens is 2. The highest BCUT2D eigenvalue weighted by Gasteiger charge is 2.38. The van der Waals surface area contributed by atoms with Crippen LogP contribution in [-0.2, 0) is 4.79 Å². The Kier molecular flexibility index (Phi) is 5.22. The lowest BCUT2D eigenvalue weighted by atomic mass is 9.99. The maximum Gasteiger partial charge on any atom is 0.240 e. The largest absolute Gasteiger partial charge is 0.340 e. The summed E-state index contributed by atoms with van der Waals surface area (Å²) in [6.45, 7) is 2.06. The maximum absolute atomic E-state index is 12.5. The van der Waals surface area contributed by atoms with Crippen molar-refractivity contribution in [2.75, 3.05) is 25.4 Å². The molecule has 0 bridgehead atoms. The van der Waals surface area contributed by atoms with E-state index >= 15 is 0 Å². The lowest BCUT2D eigenvalue weighted by Crippen LogP contribution is -2.57. The Balaban J connectivity index is 1.54. The topological polar surface area (TPSA) is 68.2 Å². The number of nitrogens with one attached hydrogen (secondary N) is 2. The van der Waals surface area contributed by atoms with Crippen molar-refractivity contribution >= 4 is 40.9 Å². The predicted molar refractivity (Wildman–Crippen MR) is 92.3 cm³/mol. The fourth-order valence-electron chi connectivity index (χ4n) is 2.80. The Hall–Kier alpha value is -1.13. The Labute approximate surface area is 149 Å². The number of rotatable bonds is 4. The molecule has 23 heavy (non-hydrogen) atoms. The van der Waals surface area contributed by atoms with Gasteiger partial charge in [0.1, 0.15) is 0 Å². The van der Waals surface area contributed by atoms with Crippen LogP contribution in [-0.4, -0.2) is 42.2 Å². The van der Waals surface area contributed by atoms with E-state index in [9.17, 15) is 4.79 Å². The molecule has 2 fully saturated rings. The quantitative estimate of drug-likeness (QED) is 0.628. The summed E-state index contributed by atoms with van der Waals surface area (Å²) in [7, 11) is 0. The molecule has 2 aliphatic rings. The van der Waals surface area contributed by atoms with Gasteiger partial charge in [0.05, 0.1) is 11.4 Å². The minimum atomic E-state index is -0.193. The average Bonchev–Trinajstić information content (AvgIpc) is 2.95. The standard InChI is InChI=1S/C15H16Cl2N4OS/c16-10-1-2-11(12(17)3-10)14-20-13(7-23-14)15(22)21-5-9(6-21)4-19-8-18/h1-3,9,13-14,19-20H,4-7H2. The van der Waals surface area contributed by atoms with E-state index in [1.165, 1.54) is 0 Å². The van der Waals surface area contributed by atoms with Crippen LogP contribution in [0.1, 0.15) is 10.9 Å². The second-order valence-corrected chi connectivity index (χ2v) is 7.68. The Bertz CT molecular complexity index is 645. The third-order valence-electron chi connectivity index (χ3n) is 4.06. The van der Waals surface area contributed by atoms with Gasteiger partial charge >= 0.3 is 0 Å². The van der Waals surface area contributed by atoms with Crippen molar-refractivity contribution in [1.29, 1.82) is 5.26 Å². The second-order valence-electron chi connectivity index (χ2n) is 5.70. The van der Waals surface area contributed by atoms with Gasteiger partial charge in [-0.15, -0.1) is 11.8 Å². The van der Waals surface area contributed by atoms with Gasteiger partial charge in [0.15, 0.2) is 6.19 Å². The Morgan fingerprint density at radius 2 is 2.26 bits per heavy atom. The SMILES string of the molecule is N#CNCC1CN(C(=O)C2CSC(c3ccc(Cl)cc3Cl)N2)C1. The molecular weight excluding hydrogens is 355 g/mol. The number of likely N-dealkylation sites (tertiary alicyclic amines) is 1. The molecule has 2 N–H and O–H groups in total. The van der Waals surface area contributed by atoms with Crippen LogP contribution in [0.5, 0.6) is 0 Å². The number of hydrogen-bond donors (Lipinski definition) is 2. The van der Waals surface area contributed by atoms with Crippen LogP contribution in [0.25, 0.3) is 0 Å². The summed E-state index contributed by atoms with van der Waals surface area (Å²) in [5.41, 5.74) is 0.955. The molecule has 122 valence electrons. The first-order chi connectivity index (χ1) is 11.1. The molecule has 0 radical (unpaired) electrons. The number of nitriles is 1. The zero-order chi connectivity index (χ0) is 16.4. The molecule has 2 saturated heterocycles. The van der Waals surface area contributed by atoms with Gasteiger partial charge in [-0.05, 0) is 17.7 Å².